The second kappa shape index (κ2) is 7.25. The van der Waals surface area contributed by atoms with Gasteiger partial charge in [-0.1, -0.05) is 48.5 Å². The lowest BCUT2D eigenvalue weighted by atomic mass is 9.95. The molecule has 0 aliphatic rings. The minimum Gasteiger partial charge on any atom is -0.489 e. The van der Waals surface area contributed by atoms with Gasteiger partial charge in [-0.25, -0.2) is 0 Å². The molecule has 0 aliphatic heterocycles. The van der Waals surface area contributed by atoms with Crippen molar-refractivity contribution in [3.63, 3.8) is 0 Å². The number of nitrogens with zero attached hydrogens (tertiary/aromatic N) is 1. The van der Waals surface area contributed by atoms with Crippen LogP contribution in [0.1, 0.15) is 30.4 Å². The first-order valence-electron chi connectivity index (χ1n) is 6.85. The van der Waals surface area contributed by atoms with Gasteiger partial charge in [0.15, 0.2) is 0 Å². The van der Waals surface area contributed by atoms with Gasteiger partial charge < -0.3 is 4.74 Å². The van der Waals surface area contributed by atoms with Gasteiger partial charge in [-0.15, -0.1) is 0 Å². The maximum atomic E-state index is 11.3. The molecule has 0 saturated heterocycles. The first-order chi connectivity index (χ1) is 10.2. The monoisotopic (exact) mass is 279 g/mol. The van der Waals surface area contributed by atoms with Gasteiger partial charge in [-0.2, -0.15) is 5.26 Å². The molecule has 0 aromatic heterocycles. The average molecular weight is 279 g/mol. The summed E-state index contributed by atoms with van der Waals surface area (Å²) >= 11 is 0. The third-order valence-electron chi connectivity index (χ3n) is 3.18. The molecule has 3 nitrogen and oxygen atoms in total. The molecule has 0 radical (unpaired) electrons. The predicted octanol–water partition coefficient (Wildman–Crippen LogP) is 3.85. The quantitative estimate of drug-likeness (QED) is 0.807. The number of Topliss-reactive ketones (excluding diaryl/α,β-unsaturated/α-hetero) is 1. The first kappa shape index (κ1) is 14.8. The molecule has 0 saturated carbocycles. The van der Waals surface area contributed by atoms with E-state index in [-0.39, 0.29) is 12.2 Å². The molecule has 2 aromatic carbocycles. The van der Waals surface area contributed by atoms with Crippen LogP contribution in [0.5, 0.6) is 5.75 Å². The number of rotatable bonds is 6. The van der Waals surface area contributed by atoms with Gasteiger partial charge in [-0.05, 0) is 18.6 Å². The second-order valence-electron chi connectivity index (χ2n) is 4.90. The molecule has 1 unspecified atom stereocenters. The number of nitriles is 1. The standard InChI is InChI=1S/C18H17NO2/c1-14(20)11-16(12-19)17-9-5-6-10-18(17)21-13-15-7-3-2-4-8-15/h2-10,16H,11,13H2,1H3. The van der Waals surface area contributed by atoms with Crippen LogP contribution < -0.4 is 4.74 Å². The van der Waals surface area contributed by atoms with Crippen LogP contribution in [-0.4, -0.2) is 5.78 Å². The van der Waals surface area contributed by atoms with Crippen molar-refractivity contribution in [3.8, 4) is 11.8 Å². The molecule has 106 valence electrons. The Morgan fingerprint density at radius 2 is 1.81 bits per heavy atom. The third kappa shape index (κ3) is 4.19. The largest absolute Gasteiger partial charge is 0.489 e. The van der Waals surface area contributed by atoms with Crippen molar-refractivity contribution < 1.29 is 9.53 Å². The van der Waals surface area contributed by atoms with E-state index >= 15 is 0 Å². The van der Waals surface area contributed by atoms with Crippen LogP contribution in [0.3, 0.4) is 0 Å². The van der Waals surface area contributed by atoms with Crippen molar-refractivity contribution in [1.29, 1.82) is 5.26 Å². The van der Waals surface area contributed by atoms with Crippen molar-refractivity contribution in [2.75, 3.05) is 0 Å². The van der Waals surface area contributed by atoms with Crippen molar-refractivity contribution >= 4 is 5.78 Å². The zero-order chi connectivity index (χ0) is 15.1. The number of carbonyl (C=O) groups is 1. The highest BCUT2D eigenvalue weighted by atomic mass is 16.5. The maximum absolute atomic E-state index is 11.3. The molecule has 21 heavy (non-hydrogen) atoms. The highest BCUT2D eigenvalue weighted by Crippen LogP contribution is 2.29. The van der Waals surface area contributed by atoms with Gasteiger partial charge in [0.2, 0.25) is 0 Å². The summed E-state index contributed by atoms with van der Waals surface area (Å²) in [5.74, 6) is 0.197. The van der Waals surface area contributed by atoms with Crippen LogP contribution >= 0.6 is 0 Å². The molecule has 0 N–H and O–H groups in total. The molecule has 2 rings (SSSR count). The Balaban J connectivity index is 2.16. The maximum Gasteiger partial charge on any atom is 0.131 e. The Labute approximate surface area is 124 Å². The number of hydrogen-bond acceptors (Lipinski definition) is 3. The summed E-state index contributed by atoms with van der Waals surface area (Å²) in [7, 11) is 0. The van der Waals surface area contributed by atoms with E-state index in [4.69, 9.17) is 4.74 Å². The molecule has 0 fully saturated rings. The minimum absolute atomic E-state index is 0.000544. The number of benzene rings is 2. The molecule has 1 atom stereocenters. The van der Waals surface area contributed by atoms with Gasteiger partial charge in [0, 0.05) is 12.0 Å². The summed E-state index contributed by atoms with van der Waals surface area (Å²) in [6.45, 7) is 1.94. The summed E-state index contributed by atoms with van der Waals surface area (Å²) in [6, 6.07) is 19.4. The molecule has 0 amide bonds. The molecule has 2 aromatic rings. The summed E-state index contributed by atoms with van der Waals surface area (Å²) in [5.41, 5.74) is 1.83. The van der Waals surface area contributed by atoms with Gasteiger partial charge in [0.05, 0.1) is 12.0 Å². The van der Waals surface area contributed by atoms with Gasteiger partial charge in [0.25, 0.3) is 0 Å². The van der Waals surface area contributed by atoms with E-state index in [0.29, 0.717) is 12.4 Å². The van der Waals surface area contributed by atoms with E-state index in [1.165, 1.54) is 6.92 Å². The SMILES string of the molecule is CC(=O)CC(C#N)c1ccccc1OCc1ccccc1. The first-order valence-corrected chi connectivity index (χ1v) is 6.85. The number of ketones is 1. The summed E-state index contributed by atoms with van der Waals surface area (Å²) in [6.07, 6.45) is 0.211. The van der Waals surface area contributed by atoms with E-state index in [1.54, 1.807) is 0 Å². The zero-order valence-corrected chi connectivity index (χ0v) is 12.0. The zero-order valence-electron chi connectivity index (χ0n) is 12.0. The summed E-state index contributed by atoms with van der Waals surface area (Å²) < 4.78 is 5.83. The van der Waals surface area contributed by atoms with E-state index < -0.39 is 5.92 Å². The molecule has 0 aliphatic carbocycles. The Bertz CT molecular complexity index is 644. The van der Waals surface area contributed by atoms with Crippen LogP contribution in [0.2, 0.25) is 0 Å². The van der Waals surface area contributed by atoms with Crippen LogP contribution in [0.15, 0.2) is 54.6 Å². The van der Waals surface area contributed by atoms with E-state index in [2.05, 4.69) is 6.07 Å². The van der Waals surface area contributed by atoms with Crippen molar-refractivity contribution in [1.82, 2.24) is 0 Å². The molecule has 0 heterocycles. The van der Waals surface area contributed by atoms with Crippen molar-refractivity contribution in [2.24, 2.45) is 0 Å². The Hall–Kier alpha value is -2.60. The number of para-hydroxylation sites is 1. The van der Waals surface area contributed by atoms with Crippen LogP contribution in [0, 0.1) is 11.3 Å². The van der Waals surface area contributed by atoms with E-state index in [9.17, 15) is 10.1 Å². The smallest absolute Gasteiger partial charge is 0.131 e. The fourth-order valence-corrected chi connectivity index (χ4v) is 2.15. The Morgan fingerprint density at radius 1 is 1.14 bits per heavy atom. The molecule has 3 heteroatoms. The fraction of sp³-hybridized carbons (Fsp3) is 0.222. The topological polar surface area (TPSA) is 50.1 Å². The van der Waals surface area contributed by atoms with Crippen LogP contribution in [0.25, 0.3) is 0 Å². The molecular formula is C18H17NO2. The lowest BCUT2D eigenvalue weighted by Crippen LogP contribution is -2.05. The lowest BCUT2D eigenvalue weighted by Gasteiger charge is -2.14. The molecule has 0 spiro atoms. The van der Waals surface area contributed by atoms with E-state index in [0.717, 1.165) is 11.1 Å². The van der Waals surface area contributed by atoms with Crippen molar-refractivity contribution in [3.05, 3.63) is 65.7 Å². The number of hydrogen-bond donors (Lipinski definition) is 0. The van der Waals surface area contributed by atoms with Gasteiger partial charge in [0.1, 0.15) is 18.1 Å². The molecule has 0 bridgehead atoms. The Morgan fingerprint density at radius 3 is 2.48 bits per heavy atom. The number of ether oxygens (including phenoxy) is 1. The highest BCUT2D eigenvalue weighted by Gasteiger charge is 2.17. The third-order valence-corrected chi connectivity index (χ3v) is 3.18. The molecular weight excluding hydrogens is 262 g/mol. The summed E-state index contributed by atoms with van der Waals surface area (Å²) in [5, 5.41) is 9.28. The highest BCUT2D eigenvalue weighted by molar-refractivity contribution is 5.77. The van der Waals surface area contributed by atoms with Gasteiger partial charge in [-0.3, -0.25) is 4.79 Å². The normalized spacial score (nSPS) is 11.4. The van der Waals surface area contributed by atoms with E-state index in [1.807, 2.05) is 54.6 Å². The van der Waals surface area contributed by atoms with Crippen LogP contribution in [0.4, 0.5) is 0 Å². The summed E-state index contributed by atoms with van der Waals surface area (Å²) in [4.78, 5) is 11.3. The fourth-order valence-electron chi connectivity index (χ4n) is 2.15. The average Bonchev–Trinajstić information content (AvgIpc) is 2.52. The predicted molar refractivity (Wildman–Crippen MR) is 80.9 cm³/mol. The van der Waals surface area contributed by atoms with Crippen LogP contribution in [-0.2, 0) is 11.4 Å². The number of carbonyl (C=O) groups excluding carboxylic acids is 1. The lowest BCUT2D eigenvalue weighted by molar-refractivity contribution is -0.117. The van der Waals surface area contributed by atoms with Crippen molar-refractivity contribution in [2.45, 2.75) is 25.9 Å². The van der Waals surface area contributed by atoms with Gasteiger partial charge >= 0.3 is 0 Å². The minimum atomic E-state index is -0.463. The Kier molecular flexibility index (Phi) is 5.11. The second-order valence-corrected chi connectivity index (χ2v) is 4.90.